The minimum absolute atomic E-state index is 0.341. The largest absolute Gasteiger partial charge is 0.361 e. The molecule has 0 aliphatic carbocycles. The molecule has 0 aliphatic heterocycles. The van der Waals surface area contributed by atoms with E-state index in [9.17, 15) is 9.18 Å². The zero-order chi connectivity index (χ0) is 12.4. The molecule has 0 saturated carbocycles. The van der Waals surface area contributed by atoms with Gasteiger partial charge in [-0.3, -0.25) is 4.79 Å². The van der Waals surface area contributed by atoms with Crippen LogP contribution in [0.15, 0.2) is 28.9 Å². The molecule has 0 unspecified atom stereocenters. The third-order valence-corrected chi connectivity index (χ3v) is 2.44. The van der Waals surface area contributed by atoms with Gasteiger partial charge in [0.2, 0.25) is 0 Å². The monoisotopic (exact) mass is 234 g/mol. The van der Waals surface area contributed by atoms with Crippen LogP contribution in [-0.2, 0) is 0 Å². The van der Waals surface area contributed by atoms with Gasteiger partial charge in [-0.05, 0) is 31.5 Å². The lowest BCUT2D eigenvalue weighted by atomic mass is 10.2. The quantitative estimate of drug-likeness (QED) is 0.869. The van der Waals surface area contributed by atoms with E-state index in [1.807, 2.05) is 0 Å². The standard InChI is InChI=1S/C12H11FN2O2/c1-7-3-4-9(13)5-11(7)15-12(16)10-6-14-17-8(10)2/h3-6H,1-2H3,(H,15,16). The Bertz CT molecular complexity index is 563. The first-order valence-corrected chi connectivity index (χ1v) is 5.06. The molecule has 1 heterocycles. The number of carbonyl (C=O) groups excluding carboxylic acids is 1. The van der Waals surface area contributed by atoms with Crippen LogP contribution in [0, 0.1) is 19.7 Å². The Labute approximate surface area is 97.4 Å². The maximum atomic E-state index is 13.0. The molecule has 5 heteroatoms. The van der Waals surface area contributed by atoms with E-state index in [2.05, 4.69) is 10.5 Å². The first kappa shape index (κ1) is 11.3. The summed E-state index contributed by atoms with van der Waals surface area (Å²) in [5.74, 6) is -0.332. The normalized spacial score (nSPS) is 10.3. The summed E-state index contributed by atoms with van der Waals surface area (Å²) < 4.78 is 17.8. The van der Waals surface area contributed by atoms with Gasteiger partial charge in [-0.2, -0.15) is 0 Å². The summed E-state index contributed by atoms with van der Waals surface area (Å²) in [7, 11) is 0. The van der Waals surface area contributed by atoms with Crippen LogP contribution in [0.4, 0.5) is 10.1 Å². The number of aryl methyl sites for hydroxylation is 2. The Kier molecular flexibility index (Phi) is 2.91. The Morgan fingerprint density at radius 2 is 2.18 bits per heavy atom. The predicted octanol–water partition coefficient (Wildman–Crippen LogP) is 2.68. The van der Waals surface area contributed by atoms with Crippen LogP contribution in [0.2, 0.25) is 0 Å². The second-order valence-corrected chi connectivity index (χ2v) is 3.71. The van der Waals surface area contributed by atoms with Gasteiger partial charge in [-0.15, -0.1) is 0 Å². The molecule has 0 fully saturated rings. The lowest BCUT2D eigenvalue weighted by Gasteiger charge is -2.07. The average molecular weight is 234 g/mol. The summed E-state index contributed by atoms with van der Waals surface area (Å²) in [5, 5.41) is 6.13. The van der Waals surface area contributed by atoms with Gasteiger partial charge in [0.15, 0.2) is 0 Å². The summed E-state index contributed by atoms with van der Waals surface area (Å²) in [6.07, 6.45) is 1.33. The average Bonchev–Trinajstić information content (AvgIpc) is 2.70. The number of aromatic nitrogens is 1. The molecule has 88 valence electrons. The summed E-state index contributed by atoms with van der Waals surface area (Å²) in [5.41, 5.74) is 1.57. The van der Waals surface area contributed by atoms with Crippen molar-refractivity contribution in [2.24, 2.45) is 0 Å². The maximum Gasteiger partial charge on any atom is 0.260 e. The molecule has 1 N–H and O–H groups in total. The number of rotatable bonds is 2. The molecule has 0 saturated heterocycles. The molecule has 1 amide bonds. The fraction of sp³-hybridized carbons (Fsp3) is 0.167. The molecule has 1 aromatic heterocycles. The van der Waals surface area contributed by atoms with Crippen LogP contribution >= 0.6 is 0 Å². The molecule has 0 radical (unpaired) electrons. The number of nitrogens with zero attached hydrogens (tertiary/aromatic N) is 1. The fourth-order valence-corrected chi connectivity index (χ4v) is 1.44. The molecular weight excluding hydrogens is 223 g/mol. The number of amides is 1. The highest BCUT2D eigenvalue weighted by atomic mass is 19.1. The molecule has 1 aromatic carbocycles. The Hall–Kier alpha value is -2.17. The van der Waals surface area contributed by atoms with Gasteiger partial charge in [0.05, 0.1) is 6.20 Å². The first-order chi connectivity index (χ1) is 8.08. The maximum absolute atomic E-state index is 13.0. The summed E-state index contributed by atoms with van der Waals surface area (Å²) in [4.78, 5) is 11.8. The van der Waals surface area contributed by atoms with E-state index in [4.69, 9.17) is 4.52 Å². The fourth-order valence-electron chi connectivity index (χ4n) is 1.44. The Balaban J connectivity index is 2.24. The van der Waals surface area contributed by atoms with Crippen LogP contribution in [0.5, 0.6) is 0 Å². The van der Waals surface area contributed by atoms with Gasteiger partial charge >= 0.3 is 0 Å². The zero-order valence-corrected chi connectivity index (χ0v) is 9.45. The minimum atomic E-state index is -0.395. The SMILES string of the molecule is Cc1ccc(F)cc1NC(=O)c1cnoc1C. The highest BCUT2D eigenvalue weighted by molar-refractivity contribution is 6.05. The Morgan fingerprint density at radius 3 is 2.82 bits per heavy atom. The van der Waals surface area contributed by atoms with Crippen molar-refractivity contribution in [3.05, 3.63) is 47.1 Å². The molecular formula is C12H11FN2O2. The van der Waals surface area contributed by atoms with Crippen molar-refractivity contribution in [3.63, 3.8) is 0 Å². The zero-order valence-electron chi connectivity index (χ0n) is 9.45. The molecule has 17 heavy (non-hydrogen) atoms. The number of benzene rings is 1. The van der Waals surface area contributed by atoms with E-state index >= 15 is 0 Å². The molecule has 0 spiro atoms. The molecule has 2 rings (SSSR count). The van der Waals surface area contributed by atoms with Crippen LogP contribution < -0.4 is 5.32 Å². The van der Waals surface area contributed by atoms with Gasteiger partial charge in [-0.1, -0.05) is 11.2 Å². The van der Waals surface area contributed by atoms with E-state index < -0.39 is 5.82 Å². The number of carbonyl (C=O) groups is 1. The van der Waals surface area contributed by atoms with Gasteiger partial charge in [0, 0.05) is 5.69 Å². The molecule has 4 nitrogen and oxygen atoms in total. The molecule has 2 aromatic rings. The van der Waals surface area contributed by atoms with Crippen molar-refractivity contribution in [2.45, 2.75) is 13.8 Å². The van der Waals surface area contributed by atoms with Crippen LogP contribution in [0.1, 0.15) is 21.7 Å². The van der Waals surface area contributed by atoms with Gasteiger partial charge < -0.3 is 9.84 Å². The van der Waals surface area contributed by atoms with Crippen molar-refractivity contribution < 1.29 is 13.7 Å². The third kappa shape index (κ3) is 2.33. The smallest absolute Gasteiger partial charge is 0.260 e. The first-order valence-electron chi connectivity index (χ1n) is 5.06. The van der Waals surface area contributed by atoms with E-state index in [0.717, 1.165) is 5.56 Å². The summed E-state index contributed by atoms with van der Waals surface area (Å²) in [6, 6.07) is 4.22. The van der Waals surface area contributed by atoms with Crippen molar-refractivity contribution in [3.8, 4) is 0 Å². The summed E-state index contributed by atoms with van der Waals surface area (Å²) in [6.45, 7) is 3.43. The number of hydrogen-bond acceptors (Lipinski definition) is 3. The van der Waals surface area contributed by atoms with Gasteiger partial charge in [-0.25, -0.2) is 4.39 Å². The van der Waals surface area contributed by atoms with Gasteiger partial charge in [0.1, 0.15) is 17.1 Å². The molecule has 0 aliphatic rings. The van der Waals surface area contributed by atoms with Crippen LogP contribution in [0.25, 0.3) is 0 Å². The minimum Gasteiger partial charge on any atom is -0.361 e. The van der Waals surface area contributed by atoms with E-state index in [1.54, 1.807) is 19.9 Å². The van der Waals surface area contributed by atoms with E-state index in [-0.39, 0.29) is 5.91 Å². The summed E-state index contributed by atoms with van der Waals surface area (Å²) >= 11 is 0. The lowest BCUT2D eigenvalue weighted by molar-refractivity contribution is 0.102. The lowest BCUT2D eigenvalue weighted by Crippen LogP contribution is -2.13. The van der Waals surface area contributed by atoms with Gasteiger partial charge in [0.25, 0.3) is 5.91 Å². The predicted molar refractivity (Wildman–Crippen MR) is 60.3 cm³/mol. The van der Waals surface area contributed by atoms with Crippen molar-refractivity contribution in [1.82, 2.24) is 5.16 Å². The van der Waals surface area contributed by atoms with Crippen molar-refractivity contribution in [1.29, 1.82) is 0 Å². The number of anilines is 1. The van der Waals surface area contributed by atoms with E-state index in [1.165, 1.54) is 18.3 Å². The highest BCUT2D eigenvalue weighted by Crippen LogP contribution is 2.17. The topological polar surface area (TPSA) is 55.1 Å². The molecule has 0 bridgehead atoms. The van der Waals surface area contributed by atoms with Crippen molar-refractivity contribution >= 4 is 11.6 Å². The highest BCUT2D eigenvalue weighted by Gasteiger charge is 2.13. The van der Waals surface area contributed by atoms with Crippen molar-refractivity contribution in [2.75, 3.05) is 5.32 Å². The third-order valence-electron chi connectivity index (χ3n) is 2.44. The van der Waals surface area contributed by atoms with E-state index in [0.29, 0.717) is 17.0 Å². The van der Waals surface area contributed by atoms with Crippen LogP contribution in [-0.4, -0.2) is 11.1 Å². The molecule has 0 atom stereocenters. The number of halogens is 1. The number of hydrogen-bond donors (Lipinski definition) is 1. The second-order valence-electron chi connectivity index (χ2n) is 3.71. The second kappa shape index (κ2) is 4.37. The Morgan fingerprint density at radius 1 is 1.41 bits per heavy atom. The number of nitrogens with one attached hydrogen (secondary N) is 1. The van der Waals surface area contributed by atoms with Crippen LogP contribution in [0.3, 0.4) is 0 Å².